The summed E-state index contributed by atoms with van der Waals surface area (Å²) in [5.74, 6) is -1.24. The molecule has 1 aromatic rings. The number of rotatable bonds is 8. The second kappa shape index (κ2) is 8.48. The minimum atomic E-state index is -0.890. The molecule has 5 nitrogen and oxygen atoms in total. The highest BCUT2D eigenvalue weighted by Gasteiger charge is 2.19. The molecule has 2 N–H and O–H groups in total. The number of carboxylic acid groups (broad SMARTS) is 1. The Morgan fingerprint density at radius 2 is 1.86 bits per heavy atom. The van der Waals surface area contributed by atoms with Crippen LogP contribution in [-0.4, -0.2) is 42.0 Å². The van der Waals surface area contributed by atoms with Crippen LogP contribution in [-0.2, 0) is 9.59 Å². The average Bonchev–Trinajstić information content (AvgIpc) is 2.43. The molecule has 0 aliphatic heterocycles. The highest BCUT2D eigenvalue weighted by Crippen LogP contribution is 2.21. The third-order valence-corrected chi connectivity index (χ3v) is 3.33. The summed E-state index contributed by atoms with van der Waals surface area (Å²) in [6.07, 6.45) is -0.00461. The zero-order valence-corrected chi connectivity index (χ0v) is 13.2. The van der Waals surface area contributed by atoms with Crippen LogP contribution in [0.15, 0.2) is 24.3 Å². The third kappa shape index (κ3) is 6.22. The van der Waals surface area contributed by atoms with Crippen molar-refractivity contribution in [2.45, 2.75) is 26.3 Å². The highest BCUT2D eigenvalue weighted by atomic mass is 19.1. The molecule has 0 spiro atoms. The van der Waals surface area contributed by atoms with Gasteiger partial charge >= 0.3 is 5.97 Å². The lowest BCUT2D eigenvalue weighted by molar-refractivity contribution is -0.137. The second-order valence-corrected chi connectivity index (χ2v) is 5.72. The number of likely N-dealkylation sites (N-methyl/N-ethyl adjacent to an activating group) is 1. The van der Waals surface area contributed by atoms with Crippen molar-refractivity contribution in [3.05, 3.63) is 35.6 Å². The van der Waals surface area contributed by atoms with E-state index in [1.54, 1.807) is 24.1 Å². The summed E-state index contributed by atoms with van der Waals surface area (Å²) in [4.78, 5) is 24.2. The predicted octanol–water partition coefficient (Wildman–Crippen LogP) is 2.05. The second-order valence-electron chi connectivity index (χ2n) is 5.72. The highest BCUT2D eigenvalue weighted by molar-refractivity contribution is 5.78. The van der Waals surface area contributed by atoms with Crippen LogP contribution >= 0.6 is 0 Å². The molecule has 0 aliphatic carbocycles. The number of carboxylic acids is 1. The number of aliphatic carboxylic acids is 1. The molecule has 0 saturated carbocycles. The van der Waals surface area contributed by atoms with E-state index in [1.807, 2.05) is 13.8 Å². The Kier molecular flexibility index (Phi) is 6.98. The largest absolute Gasteiger partial charge is 0.481 e. The van der Waals surface area contributed by atoms with E-state index in [4.69, 9.17) is 5.11 Å². The van der Waals surface area contributed by atoms with Gasteiger partial charge in [0.05, 0.1) is 19.0 Å². The summed E-state index contributed by atoms with van der Waals surface area (Å²) >= 11 is 0. The van der Waals surface area contributed by atoms with Crippen LogP contribution < -0.4 is 5.32 Å². The molecule has 6 heteroatoms. The summed E-state index contributed by atoms with van der Waals surface area (Å²) in [6, 6.07) is 5.86. The van der Waals surface area contributed by atoms with Crippen molar-refractivity contribution in [2.24, 2.45) is 5.92 Å². The van der Waals surface area contributed by atoms with E-state index in [9.17, 15) is 14.0 Å². The summed E-state index contributed by atoms with van der Waals surface area (Å²) in [5.41, 5.74) is 0.845. The van der Waals surface area contributed by atoms with Crippen LogP contribution in [0.1, 0.15) is 31.9 Å². The van der Waals surface area contributed by atoms with Gasteiger partial charge in [-0.05, 0) is 30.7 Å². The number of halogens is 1. The molecule has 0 radical (unpaired) electrons. The number of benzene rings is 1. The minimum absolute atomic E-state index is 0.00461. The van der Waals surface area contributed by atoms with Crippen molar-refractivity contribution in [3.63, 3.8) is 0 Å². The Morgan fingerprint density at radius 3 is 2.36 bits per heavy atom. The molecule has 0 heterocycles. The van der Waals surface area contributed by atoms with E-state index in [1.165, 1.54) is 12.1 Å². The molecule has 0 aromatic heterocycles. The first-order valence-electron chi connectivity index (χ1n) is 7.24. The molecule has 1 aromatic carbocycles. The van der Waals surface area contributed by atoms with Crippen LogP contribution in [0.2, 0.25) is 0 Å². The van der Waals surface area contributed by atoms with Gasteiger partial charge in [-0.15, -0.1) is 0 Å². The van der Waals surface area contributed by atoms with Crippen molar-refractivity contribution in [1.29, 1.82) is 0 Å². The summed E-state index contributed by atoms with van der Waals surface area (Å²) < 4.78 is 13.0. The standard InChI is InChI=1S/C16H23FN2O3/c1-11(2)16(12-4-6-13(17)7-5-12)18-14(20)10-19(3)9-8-15(21)22/h4-7,11,16H,8-10H2,1-3H3,(H,18,20)(H,21,22). The Balaban J connectivity index is 2.61. The van der Waals surface area contributed by atoms with E-state index < -0.39 is 5.97 Å². The topological polar surface area (TPSA) is 69.6 Å². The van der Waals surface area contributed by atoms with Crippen molar-refractivity contribution in [2.75, 3.05) is 20.1 Å². The number of hydrogen-bond acceptors (Lipinski definition) is 3. The third-order valence-electron chi connectivity index (χ3n) is 3.33. The number of amides is 1. The zero-order chi connectivity index (χ0) is 16.7. The average molecular weight is 310 g/mol. The Labute approximate surface area is 130 Å². The summed E-state index contributed by atoms with van der Waals surface area (Å²) in [6.45, 7) is 4.38. The molecule has 122 valence electrons. The molecular weight excluding hydrogens is 287 g/mol. The molecular formula is C16H23FN2O3. The molecule has 0 bridgehead atoms. The van der Waals surface area contributed by atoms with Crippen LogP contribution in [0, 0.1) is 11.7 Å². The quantitative estimate of drug-likeness (QED) is 0.771. The normalized spacial score (nSPS) is 12.5. The minimum Gasteiger partial charge on any atom is -0.481 e. The smallest absolute Gasteiger partial charge is 0.304 e. The van der Waals surface area contributed by atoms with Gasteiger partial charge in [0.1, 0.15) is 5.82 Å². The van der Waals surface area contributed by atoms with Gasteiger partial charge in [-0.3, -0.25) is 14.5 Å². The molecule has 0 fully saturated rings. The van der Waals surface area contributed by atoms with Gasteiger partial charge in [0.25, 0.3) is 0 Å². The van der Waals surface area contributed by atoms with E-state index in [2.05, 4.69) is 5.32 Å². The maximum Gasteiger partial charge on any atom is 0.304 e. The lowest BCUT2D eigenvalue weighted by Gasteiger charge is -2.24. The maximum absolute atomic E-state index is 13.0. The fourth-order valence-corrected chi connectivity index (χ4v) is 2.13. The van der Waals surface area contributed by atoms with Crippen LogP contribution in [0.25, 0.3) is 0 Å². The van der Waals surface area contributed by atoms with Gasteiger partial charge in [-0.2, -0.15) is 0 Å². The molecule has 1 unspecified atom stereocenters. The first-order chi connectivity index (χ1) is 10.3. The summed E-state index contributed by atoms with van der Waals surface area (Å²) in [5, 5.41) is 11.5. The van der Waals surface area contributed by atoms with Gasteiger partial charge in [0.2, 0.25) is 5.91 Å². The van der Waals surface area contributed by atoms with E-state index in [-0.39, 0.29) is 36.6 Å². The van der Waals surface area contributed by atoms with Crippen molar-refractivity contribution < 1.29 is 19.1 Å². The fourth-order valence-electron chi connectivity index (χ4n) is 2.13. The number of nitrogens with one attached hydrogen (secondary N) is 1. The van der Waals surface area contributed by atoms with Crippen LogP contribution in [0.4, 0.5) is 4.39 Å². The van der Waals surface area contributed by atoms with Crippen molar-refractivity contribution in [1.82, 2.24) is 10.2 Å². The lowest BCUT2D eigenvalue weighted by Crippen LogP contribution is -2.39. The van der Waals surface area contributed by atoms with E-state index in [0.717, 1.165) is 5.56 Å². The van der Waals surface area contributed by atoms with Crippen molar-refractivity contribution >= 4 is 11.9 Å². The van der Waals surface area contributed by atoms with Crippen LogP contribution in [0.3, 0.4) is 0 Å². The van der Waals surface area contributed by atoms with Gasteiger partial charge in [-0.25, -0.2) is 4.39 Å². The maximum atomic E-state index is 13.0. The fraction of sp³-hybridized carbons (Fsp3) is 0.500. The molecule has 0 aliphatic rings. The monoisotopic (exact) mass is 310 g/mol. The predicted molar refractivity (Wildman–Crippen MR) is 81.9 cm³/mol. The SMILES string of the molecule is CC(C)C(NC(=O)CN(C)CCC(=O)O)c1ccc(F)cc1. The molecule has 22 heavy (non-hydrogen) atoms. The van der Waals surface area contributed by atoms with Crippen LogP contribution in [0.5, 0.6) is 0 Å². The number of carbonyl (C=O) groups is 2. The lowest BCUT2D eigenvalue weighted by atomic mass is 9.96. The first-order valence-corrected chi connectivity index (χ1v) is 7.24. The first kappa shape index (κ1) is 18.1. The number of nitrogens with zero attached hydrogens (tertiary/aromatic N) is 1. The molecule has 1 rings (SSSR count). The van der Waals surface area contributed by atoms with Gasteiger partial charge in [0, 0.05) is 6.54 Å². The Hall–Kier alpha value is -1.95. The zero-order valence-electron chi connectivity index (χ0n) is 13.2. The molecule has 1 amide bonds. The van der Waals surface area contributed by atoms with E-state index >= 15 is 0 Å². The van der Waals surface area contributed by atoms with Gasteiger partial charge in [-0.1, -0.05) is 26.0 Å². The van der Waals surface area contributed by atoms with E-state index in [0.29, 0.717) is 6.54 Å². The number of carbonyl (C=O) groups excluding carboxylic acids is 1. The van der Waals surface area contributed by atoms with Gasteiger partial charge in [0.15, 0.2) is 0 Å². The van der Waals surface area contributed by atoms with Crippen molar-refractivity contribution in [3.8, 4) is 0 Å². The number of hydrogen-bond donors (Lipinski definition) is 2. The van der Waals surface area contributed by atoms with Gasteiger partial charge < -0.3 is 10.4 Å². The molecule has 1 atom stereocenters. The Bertz CT molecular complexity index is 503. The Morgan fingerprint density at radius 1 is 1.27 bits per heavy atom. The molecule has 0 saturated heterocycles. The summed E-state index contributed by atoms with van der Waals surface area (Å²) in [7, 11) is 1.70.